The number of aliphatic carboxylic acids is 3. The van der Waals surface area contributed by atoms with E-state index in [4.69, 9.17) is 15.3 Å². The minimum atomic E-state index is -1.26. The molecule has 0 aliphatic carbocycles. The van der Waals surface area contributed by atoms with Crippen LogP contribution in [0.3, 0.4) is 0 Å². The van der Waals surface area contributed by atoms with Crippen LogP contribution in [0, 0.1) is 0 Å². The molecule has 0 aliphatic heterocycles. The molecule has 0 saturated heterocycles. The molecule has 1 aromatic rings. The third-order valence-electron chi connectivity index (χ3n) is 1.77. The molecule has 8 nitrogen and oxygen atoms in total. The molecule has 1 rings (SSSR count). The normalized spacial score (nSPS) is 11.1. The summed E-state index contributed by atoms with van der Waals surface area (Å²) in [6.45, 7) is 1.57. The Morgan fingerprint density at radius 3 is 2.05 bits per heavy atom. The largest absolute Gasteiger partial charge is 0.480 e. The number of pyridine rings is 1. The molecule has 0 aliphatic rings. The molecule has 1 atom stereocenters. The highest BCUT2D eigenvalue weighted by Gasteiger charge is 2.09. The molecule has 1 heterocycles. The van der Waals surface area contributed by atoms with Gasteiger partial charge in [0.1, 0.15) is 11.9 Å². The van der Waals surface area contributed by atoms with Gasteiger partial charge in [0.25, 0.3) is 0 Å². The zero-order chi connectivity index (χ0) is 15.5. The number of carbonyl (C=O) groups is 3. The first-order valence-corrected chi connectivity index (χ1v) is 5.37. The van der Waals surface area contributed by atoms with E-state index < -0.39 is 23.9 Å². The maximum Gasteiger partial charge on any atom is 0.328 e. The number of carboxylic acid groups (broad SMARTS) is 3. The molecule has 0 spiro atoms. The Kier molecular flexibility index (Phi) is 7.77. The smallest absolute Gasteiger partial charge is 0.328 e. The van der Waals surface area contributed by atoms with Crippen molar-refractivity contribution in [2.45, 2.75) is 13.0 Å². The lowest BCUT2D eigenvalue weighted by Crippen LogP contribution is -2.25. The van der Waals surface area contributed by atoms with Gasteiger partial charge in [0, 0.05) is 18.3 Å². The van der Waals surface area contributed by atoms with Gasteiger partial charge in [-0.3, -0.25) is 4.79 Å². The number of rotatable bonds is 5. The SMILES string of the molecule is CC(Nc1ccccn1)C(=O)O.O=C(O)/C=C\C(=O)O. The fraction of sp³-hybridized carbons (Fsp3) is 0.167. The molecule has 0 fully saturated rings. The zero-order valence-electron chi connectivity index (χ0n) is 10.6. The first kappa shape index (κ1) is 17.1. The van der Waals surface area contributed by atoms with Gasteiger partial charge >= 0.3 is 17.9 Å². The Labute approximate surface area is 114 Å². The second-order valence-electron chi connectivity index (χ2n) is 3.43. The highest BCUT2D eigenvalue weighted by atomic mass is 16.4. The van der Waals surface area contributed by atoms with E-state index in [0.717, 1.165) is 0 Å². The number of hydrogen-bond acceptors (Lipinski definition) is 5. The molecule has 0 amide bonds. The maximum absolute atomic E-state index is 10.4. The standard InChI is InChI=1S/C8H10N2O2.C4H4O4/c1-6(8(11)12)10-7-4-2-3-5-9-7;5-3(6)1-2-4(7)8/h2-6H,1H3,(H,9,10)(H,11,12);1-2H,(H,5,6)(H,7,8)/b;2-1-. The van der Waals surface area contributed by atoms with Crippen LogP contribution in [0.2, 0.25) is 0 Å². The molecular formula is C12H14N2O6. The minimum absolute atomic E-state index is 0.558. The third-order valence-corrected chi connectivity index (χ3v) is 1.77. The van der Waals surface area contributed by atoms with E-state index in [1.165, 1.54) is 0 Å². The molecule has 108 valence electrons. The van der Waals surface area contributed by atoms with E-state index in [9.17, 15) is 14.4 Å². The van der Waals surface area contributed by atoms with E-state index in [1.807, 2.05) is 0 Å². The Hall–Kier alpha value is -2.90. The topological polar surface area (TPSA) is 137 Å². The Morgan fingerprint density at radius 2 is 1.70 bits per heavy atom. The summed E-state index contributed by atoms with van der Waals surface area (Å²) in [5.41, 5.74) is 0. The summed E-state index contributed by atoms with van der Waals surface area (Å²) in [7, 11) is 0. The highest BCUT2D eigenvalue weighted by molar-refractivity contribution is 5.89. The second kappa shape index (κ2) is 9.09. The van der Waals surface area contributed by atoms with E-state index in [2.05, 4.69) is 10.3 Å². The molecule has 8 heteroatoms. The van der Waals surface area contributed by atoms with Gasteiger partial charge in [-0.25, -0.2) is 14.6 Å². The van der Waals surface area contributed by atoms with E-state index in [-0.39, 0.29) is 0 Å². The van der Waals surface area contributed by atoms with Crippen molar-refractivity contribution in [1.82, 2.24) is 4.98 Å². The Bertz CT molecular complexity index is 470. The number of nitrogens with one attached hydrogen (secondary N) is 1. The molecule has 0 aromatic carbocycles. The van der Waals surface area contributed by atoms with Crippen LogP contribution in [0.15, 0.2) is 36.5 Å². The van der Waals surface area contributed by atoms with Crippen LogP contribution >= 0.6 is 0 Å². The van der Waals surface area contributed by atoms with Crippen molar-refractivity contribution in [3.8, 4) is 0 Å². The van der Waals surface area contributed by atoms with Gasteiger partial charge in [-0.05, 0) is 19.1 Å². The van der Waals surface area contributed by atoms with Crippen LogP contribution in [0.4, 0.5) is 5.82 Å². The number of hydrogen-bond donors (Lipinski definition) is 4. The lowest BCUT2D eigenvalue weighted by Gasteiger charge is -2.08. The summed E-state index contributed by atoms with van der Waals surface area (Å²) in [5, 5.41) is 26.9. The van der Waals surface area contributed by atoms with Gasteiger partial charge in [0.05, 0.1) is 0 Å². The van der Waals surface area contributed by atoms with Crippen molar-refractivity contribution in [1.29, 1.82) is 0 Å². The minimum Gasteiger partial charge on any atom is -0.480 e. The summed E-state index contributed by atoms with van der Waals surface area (Å²) in [6.07, 6.45) is 2.72. The first-order chi connectivity index (χ1) is 9.32. The van der Waals surface area contributed by atoms with E-state index in [1.54, 1.807) is 31.3 Å². The fourth-order valence-electron chi connectivity index (χ4n) is 0.874. The number of aromatic nitrogens is 1. The summed E-state index contributed by atoms with van der Waals surface area (Å²) < 4.78 is 0. The van der Waals surface area contributed by atoms with Crippen molar-refractivity contribution in [3.05, 3.63) is 36.5 Å². The van der Waals surface area contributed by atoms with Crippen LogP contribution in [0.25, 0.3) is 0 Å². The van der Waals surface area contributed by atoms with Crippen molar-refractivity contribution >= 4 is 23.7 Å². The van der Waals surface area contributed by atoms with Gasteiger partial charge in [0.15, 0.2) is 0 Å². The molecular weight excluding hydrogens is 268 g/mol. The van der Waals surface area contributed by atoms with Gasteiger partial charge in [-0.1, -0.05) is 6.07 Å². The van der Waals surface area contributed by atoms with Crippen LogP contribution < -0.4 is 5.32 Å². The quantitative estimate of drug-likeness (QED) is 0.578. The predicted molar refractivity (Wildman–Crippen MR) is 69.4 cm³/mol. The lowest BCUT2D eigenvalue weighted by atomic mass is 10.3. The fourth-order valence-corrected chi connectivity index (χ4v) is 0.874. The average molecular weight is 282 g/mol. The monoisotopic (exact) mass is 282 g/mol. The molecule has 0 radical (unpaired) electrons. The first-order valence-electron chi connectivity index (χ1n) is 5.37. The Morgan fingerprint density at radius 1 is 1.15 bits per heavy atom. The third kappa shape index (κ3) is 9.16. The molecule has 0 saturated carbocycles. The van der Waals surface area contributed by atoms with Crippen molar-refractivity contribution in [2.24, 2.45) is 0 Å². The van der Waals surface area contributed by atoms with Crippen molar-refractivity contribution < 1.29 is 29.7 Å². The highest BCUT2D eigenvalue weighted by Crippen LogP contribution is 2.01. The number of nitrogens with zero attached hydrogens (tertiary/aromatic N) is 1. The van der Waals surface area contributed by atoms with Gasteiger partial charge in [-0.2, -0.15) is 0 Å². The van der Waals surface area contributed by atoms with Crippen LogP contribution in [0.5, 0.6) is 0 Å². The number of anilines is 1. The second-order valence-corrected chi connectivity index (χ2v) is 3.43. The van der Waals surface area contributed by atoms with Gasteiger partial charge in [0.2, 0.25) is 0 Å². The predicted octanol–water partition coefficient (Wildman–Crippen LogP) is 0.678. The van der Waals surface area contributed by atoms with Crippen LogP contribution in [-0.4, -0.2) is 44.3 Å². The summed E-state index contributed by atoms with van der Waals surface area (Å²) in [6, 6.07) is 4.68. The molecule has 1 unspecified atom stereocenters. The van der Waals surface area contributed by atoms with Crippen LogP contribution in [-0.2, 0) is 14.4 Å². The van der Waals surface area contributed by atoms with Crippen LogP contribution in [0.1, 0.15) is 6.92 Å². The van der Waals surface area contributed by atoms with Gasteiger partial charge < -0.3 is 20.6 Å². The van der Waals surface area contributed by atoms with E-state index in [0.29, 0.717) is 18.0 Å². The number of carboxylic acids is 3. The molecule has 1 aromatic heterocycles. The van der Waals surface area contributed by atoms with E-state index >= 15 is 0 Å². The Balaban J connectivity index is 0.000000396. The molecule has 4 N–H and O–H groups in total. The van der Waals surface area contributed by atoms with Crippen molar-refractivity contribution in [2.75, 3.05) is 5.32 Å². The zero-order valence-corrected chi connectivity index (χ0v) is 10.6. The molecule has 0 bridgehead atoms. The average Bonchev–Trinajstić information content (AvgIpc) is 2.38. The molecule has 20 heavy (non-hydrogen) atoms. The summed E-state index contributed by atoms with van der Waals surface area (Å²) >= 11 is 0. The summed E-state index contributed by atoms with van der Waals surface area (Å²) in [5.74, 6) is -2.83. The van der Waals surface area contributed by atoms with Gasteiger partial charge in [-0.15, -0.1) is 0 Å². The van der Waals surface area contributed by atoms with Crippen molar-refractivity contribution in [3.63, 3.8) is 0 Å². The lowest BCUT2D eigenvalue weighted by molar-refractivity contribution is -0.137. The summed E-state index contributed by atoms with van der Waals surface area (Å²) in [4.78, 5) is 33.4. The maximum atomic E-state index is 10.4.